The van der Waals surface area contributed by atoms with Crippen molar-refractivity contribution in [2.45, 2.75) is 39.5 Å². The van der Waals surface area contributed by atoms with Gasteiger partial charge in [-0.05, 0) is 37.1 Å². The molecule has 0 spiro atoms. The molecule has 2 aromatic rings. The lowest BCUT2D eigenvalue weighted by Crippen LogP contribution is -2.13. The molecule has 1 heterocycles. The van der Waals surface area contributed by atoms with Gasteiger partial charge in [0.2, 0.25) is 5.78 Å². The summed E-state index contributed by atoms with van der Waals surface area (Å²) in [4.78, 5) is 12.3. The van der Waals surface area contributed by atoms with Gasteiger partial charge in [0.15, 0.2) is 5.76 Å². The van der Waals surface area contributed by atoms with Crippen LogP contribution in [0.4, 0.5) is 4.39 Å². The Bertz CT molecular complexity index is 571. The number of Topliss-reactive ketones (excluding diaryl/α,β-unsaturated/α-hetero) is 1. The molecule has 1 unspecified atom stereocenters. The van der Waals surface area contributed by atoms with Crippen LogP contribution in [-0.2, 0) is 0 Å². The largest absolute Gasteiger partial charge is 0.453 e. The lowest BCUT2D eigenvalue weighted by atomic mass is 9.93. The van der Waals surface area contributed by atoms with Crippen molar-refractivity contribution >= 4 is 16.8 Å². The summed E-state index contributed by atoms with van der Waals surface area (Å²) in [6.07, 6.45) is 3.82. The third-order valence-electron chi connectivity index (χ3n) is 3.49. The highest BCUT2D eigenvalue weighted by molar-refractivity contribution is 5.99. The first-order chi connectivity index (χ1) is 9.15. The third kappa shape index (κ3) is 3.03. The van der Waals surface area contributed by atoms with Crippen molar-refractivity contribution in [3.05, 3.63) is 35.8 Å². The summed E-state index contributed by atoms with van der Waals surface area (Å²) in [7, 11) is 0. The molecule has 1 aromatic carbocycles. The van der Waals surface area contributed by atoms with Crippen molar-refractivity contribution in [2.75, 3.05) is 0 Å². The van der Waals surface area contributed by atoms with Gasteiger partial charge in [-0.25, -0.2) is 4.39 Å². The van der Waals surface area contributed by atoms with Crippen molar-refractivity contribution in [3.8, 4) is 0 Å². The molecular weight excluding hydrogens is 243 g/mol. The van der Waals surface area contributed by atoms with Gasteiger partial charge in [-0.15, -0.1) is 0 Å². The molecule has 0 radical (unpaired) electrons. The maximum Gasteiger partial charge on any atom is 0.201 e. The number of hydrogen-bond donors (Lipinski definition) is 0. The molecule has 0 bridgehead atoms. The highest BCUT2D eigenvalue weighted by Crippen LogP contribution is 2.25. The average molecular weight is 262 g/mol. The second kappa shape index (κ2) is 6.00. The van der Waals surface area contributed by atoms with Crippen LogP contribution in [0.3, 0.4) is 0 Å². The number of unbranched alkanes of at least 4 members (excludes halogenated alkanes) is 1. The minimum atomic E-state index is -0.315. The molecule has 1 aromatic heterocycles. The zero-order valence-corrected chi connectivity index (χ0v) is 11.4. The second-order valence-corrected chi connectivity index (χ2v) is 4.90. The minimum absolute atomic E-state index is 0.00496. The number of rotatable bonds is 6. The molecule has 0 saturated heterocycles. The molecule has 0 aliphatic carbocycles. The zero-order chi connectivity index (χ0) is 13.8. The monoisotopic (exact) mass is 262 g/mol. The van der Waals surface area contributed by atoms with Crippen LogP contribution in [0.25, 0.3) is 11.0 Å². The fraction of sp³-hybridized carbons (Fsp3) is 0.438. The molecule has 0 N–H and O–H groups in total. The highest BCUT2D eigenvalue weighted by Gasteiger charge is 2.21. The summed E-state index contributed by atoms with van der Waals surface area (Å²) < 4.78 is 18.6. The Morgan fingerprint density at radius 2 is 2.11 bits per heavy atom. The lowest BCUT2D eigenvalue weighted by Gasteiger charge is -2.10. The van der Waals surface area contributed by atoms with Crippen molar-refractivity contribution < 1.29 is 13.6 Å². The van der Waals surface area contributed by atoms with E-state index in [1.165, 1.54) is 12.1 Å². The van der Waals surface area contributed by atoms with Gasteiger partial charge in [0.05, 0.1) is 0 Å². The number of fused-ring (bicyclic) bond motifs is 1. The molecule has 0 fully saturated rings. The molecule has 19 heavy (non-hydrogen) atoms. The summed E-state index contributed by atoms with van der Waals surface area (Å²) in [6.45, 7) is 4.13. The van der Waals surface area contributed by atoms with Gasteiger partial charge < -0.3 is 4.42 Å². The molecular formula is C16H19FO2. The van der Waals surface area contributed by atoms with E-state index in [0.29, 0.717) is 16.7 Å². The minimum Gasteiger partial charge on any atom is -0.453 e. The van der Waals surface area contributed by atoms with Crippen LogP contribution >= 0.6 is 0 Å². The van der Waals surface area contributed by atoms with E-state index in [2.05, 4.69) is 6.92 Å². The van der Waals surface area contributed by atoms with Crippen LogP contribution in [0.1, 0.15) is 50.1 Å². The Kier molecular flexibility index (Phi) is 4.35. The van der Waals surface area contributed by atoms with Gasteiger partial charge in [-0.3, -0.25) is 4.79 Å². The normalized spacial score (nSPS) is 12.8. The predicted octanol–water partition coefficient (Wildman–Crippen LogP) is 4.97. The number of furan rings is 1. The van der Waals surface area contributed by atoms with E-state index >= 15 is 0 Å². The van der Waals surface area contributed by atoms with E-state index in [0.717, 1.165) is 25.7 Å². The lowest BCUT2D eigenvalue weighted by molar-refractivity contribution is 0.0882. The van der Waals surface area contributed by atoms with Crippen LogP contribution < -0.4 is 0 Å². The smallest absolute Gasteiger partial charge is 0.201 e. The molecule has 0 amide bonds. The van der Waals surface area contributed by atoms with Gasteiger partial charge in [-0.2, -0.15) is 0 Å². The van der Waals surface area contributed by atoms with Gasteiger partial charge in [0.25, 0.3) is 0 Å². The molecule has 0 saturated carbocycles. The van der Waals surface area contributed by atoms with E-state index in [-0.39, 0.29) is 17.5 Å². The third-order valence-corrected chi connectivity index (χ3v) is 3.49. The Labute approximate surface area is 112 Å². The Morgan fingerprint density at radius 3 is 2.79 bits per heavy atom. The number of ketones is 1. The maximum atomic E-state index is 13.1. The first kappa shape index (κ1) is 13.8. The van der Waals surface area contributed by atoms with Crippen LogP contribution in [0, 0.1) is 11.7 Å². The van der Waals surface area contributed by atoms with E-state index in [1.54, 1.807) is 12.1 Å². The fourth-order valence-electron chi connectivity index (χ4n) is 2.31. The van der Waals surface area contributed by atoms with E-state index < -0.39 is 0 Å². The summed E-state index contributed by atoms with van der Waals surface area (Å²) in [6, 6.07) is 5.95. The zero-order valence-electron chi connectivity index (χ0n) is 11.4. The van der Waals surface area contributed by atoms with Crippen LogP contribution in [-0.4, -0.2) is 5.78 Å². The first-order valence-electron chi connectivity index (χ1n) is 6.89. The van der Waals surface area contributed by atoms with Crippen molar-refractivity contribution in [1.29, 1.82) is 0 Å². The summed E-state index contributed by atoms with van der Waals surface area (Å²) in [5.41, 5.74) is 0.565. The molecule has 1 atom stereocenters. The Morgan fingerprint density at radius 1 is 1.32 bits per heavy atom. The molecule has 3 heteroatoms. The SMILES string of the molecule is CCCCC(CC)C(=O)c1cc2cc(F)ccc2o1. The molecule has 0 aliphatic heterocycles. The van der Waals surface area contributed by atoms with Crippen molar-refractivity contribution in [2.24, 2.45) is 5.92 Å². The van der Waals surface area contributed by atoms with E-state index in [4.69, 9.17) is 4.42 Å². The highest BCUT2D eigenvalue weighted by atomic mass is 19.1. The topological polar surface area (TPSA) is 30.2 Å². The molecule has 0 aliphatic rings. The van der Waals surface area contributed by atoms with E-state index in [1.807, 2.05) is 6.92 Å². The van der Waals surface area contributed by atoms with Crippen LogP contribution in [0.2, 0.25) is 0 Å². The number of carbonyl (C=O) groups is 1. The molecule has 102 valence electrons. The van der Waals surface area contributed by atoms with Crippen LogP contribution in [0.5, 0.6) is 0 Å². The number of halogens is 1. The summed E-state index contributed by atoms with van der Waals surface area (Å²) in [5, 5.41) is 0.647. The van der Waals surface area contributed by atoms with Crippen molar-refractivity contribution in [1.82, 2.24) is 0 Å². The quantitative estimate of drug-likeness (QED) is 0.688. The molecule has 2 rings (SSSR count). The number of carbonyl (C=O) groups excluding carboxylic acids is 1. The van der Waals surface area contributed by atoms with Gasteiger partial charge in [-0.1, -0.05) is 26.7 Å². The average Bonchev–Trinajstić information content (AvgIpc) is 2.82. The number of benzene rings is 1. The van der Waals surface area contributed by atoms with Gasteiger partial charge >= 0.3 is 0 Å². The van der Waals surface area contributed by atoms with Gasteiger partial charge in [0, 0.05) is 11.3 Å². The maximum absolute atomic E-state index is 13.1. The standard InChI is InChI=1S/C16H19FO2/c1-3-5-6-11(4-2)16(18)15-10-12-9-13(17)7-8-14(12)19-15/h7-11H,3-6H2,1-2H3. The molecule has 2 nitrogen and oxygen atoms in total. The summed E-state index contributed by atoms with van der Waals surface area (Å²) in [5.74, 6) is 0.0757. The van der Waals surface area contributed by atoms with Crippen molar-refractivity contribution in [3.63, 3.8) is 0 Å². The second-order valence-electron chi connectivity index (χ2n) is 4.90. The number of hydrogen-bond acceptors (Lipinski definition) is 2. The Balaban J connectivity index is 2.24. The van der Waals surface area contributed by atoms with Gasteiger partial charge in [0.1, 0.15) is 11.4 Å². The first-order valence-corrected chi connectivity index (χ1v) is 6.89. The Hall–Kier alpha value is -1.64. The summed E-state index contributed by atoms with van der Waals surface area (Å²) >= 11 is 0. The van der Waals surface area contributed by atoms with E-state index in [9.17, 15) is 9.18 Å². The fourth-order valence-corrected chi connectivity index (χ4v) is 2.31. The predicted molar refractivity (Wildman–Crippen MR) is 73.8 cm³/mol. The van der Waals surface area contributed by atoms with Crippen LogP contribution in [0.15, 0.2) is 28.7 Å².